The Kier molecular flexibility index (Phi) is 7.22. The highest BCUT2D eigenvalue weighted by atomic mass is 16.6. The minimum atomic E-state index is -0.965. The molecular formula is C16H23NO5. The van der Waals surface area contributed by atoms with E-state index in [4.69, 9.17) is 14.2 Å². The Balaban J connectivity index is 2.55. The average molecular weight is 309 g/mol. The molecule has 0 heterocycles. The van der Waals surface area contributed by atoms with Crippen LogP contribution < -0.4 is 10.1 Å². The molecule has 0 radical (unpaired) electrons. The van der Waals surface area contributed by atoms with Crippen molar-refractivity contribution >= 4 is 17.7 Å². The first-order valence-corrected chi connectivity index (χ1v) is 7.26. The maximum absolute atomic E-state index is 11.8. The first kappa shape index (κ1) is 17.8. The highest BCUT2D eigenvalue weighted by Gasteiger charge is 2.20. The third kappa shape index (κ3) is 5.63. The molecule has 1 aromatic carbocycles. The van der Waals surface area contributed by atoms with Crippen LogP contribution in [0.3, 0.4) is 0 Å². The summed E-state index contributed by atoms with van der Waals surface area (Å²) in [6.07, 6.45) is 0.0119. The summed E-state index contributed by atoms with van der Waals surface area (Å²) in [4.78, 5) is 23.5. The number of benzene rings is 1. The summed E-state index contributed by atoms with van der Waals surface area (Å²) in [7, 11) is 1.51. The van der Waals surface area contributed by atoms with Crippen molar-refractivity contribution in [1.29, 1.82) is 0 Å². The minimum Gasteiger partial charge on any atom is -0.495 e. The molecular weight excluding hydrogens is 286 g/mol. The van der Waals surface area contributed by atoms with E-state index >= 15 is 0 Å². The number of nitrogens with one attached hydrogen (secondary N) is 1. The second kappa shape index (κ2) is 8.92. The van der Waals surface area contributed by atoms with Gasteiger partial charge in [-0.1, -0.05) is 19.4 Å². The number of esters is 1. The first-order chi connectivity index (χ1) is 10.5. The number of ether oxygens (including phenoxy) is 3. The lowest BCUT2D eigenvalue weighted by Crippen LogP contribution is -2.29. The van der Waals surface area contributed by atoms with E-state index in [-0.39, 0.29) is 0 Å². The Labute approximate surface area is 130 Å². The zero-order valence-electron chi connectivity index (χ0n) is 13.5. The fraction of sp³-hybridized carbons (Fsp3) is 0.500. The van der Waals surface area contributed by atoms with E-state index in [9.17, 15) is 9.59 Å². The van der Waals surface area contributed by atoms with E-state index in [0.717, 1.165) is 18.4 Å². The zero-order chi connectivity index (χ0) is 16.5. The number of rotatable bonds is 7. The summed E-state index contributed by atoms with van der Waals surface area (Å²) in [5, 5.41) is 2.56. The van der Waals surface area contributed by atoms with E-state index in [1.165, 1.54) is 14.0 Å². The van der Waals surface area contributed by atoms with Crippen LogP contribution in [0, 0.1) is 6.92 Å². The standard InChI is InChI=1S/C16H23NO5/c1-5-6-9-21-15(18)12(3)22-16(19)17-13-10-11(2)7-8-14(13)20-4/h7-8,10,12H,5-6,9H2,1-4H3,(H,17,19)/t12-/m0/s1. The summed E-state index contributed by atoms with van der Waals surface area (Å²) < 4.78 is 15.2. The molecule has 1 N–H and O–H groups in total. The van der Waals surface area contributed by atoms with Crippen molar-refractivity contribution in [3.63, 3.8) is 0 Å². The Bertz CT molecular complexity index is 515. The van der Waals surface area contributed by atoms with Gasteiger partial charge in [0.1, 0.15) is 5.75 Å². The van der Waals surface area contributed by atoms with Gasteiger partial charge in [-0.25, -0.2) is 9.59 Å². The normalized spacial score (nSPS) is 11.5. The van der Waals surface area contributed by atoms with E-state index in [0.29, 0.717) is 18.0 Å². The molecule has 0 unspecified atom stereocenters. The van der Waals surface area contributed by atoms with E-state index < -0.39 is 18.2 Å². The molecule has 0 spiro atoms. The van der Waals surface area contributed by atoms with Crippen LogP contribution in [0.1, 0.15) is 32.3 Å². The third-order valence-corrected chi connectivity index (χ3v) is 2.95. The Morgan fingerprint density at radius 3 is 2.68 bits per heavy atom. The molecule has 1 amide bonds. The number of carbonyl (C=O) groups is 2. The molecule has 1 aromatic rings. The predicted octanol–water partition coefficient (Wildman–Crippen LogP) is 3.28. The van der Waals surface area contributed by atoms with Gasteiger partial charge in [0.25, 0.3) is 0 Å². The molecule has 6 heteroatoms. The molecule has 1 rings (SSSR count). The van der Waals surface area contributed by atoms with Crippen LogP contribution >= 0.6 is 0 Å². The van der Waals surface area contributed by atoms with Crippen LogP contribution in [0.5, 0.6) is 5.75 Å². The lowest BCUT2D eigenvalue weighted by Gasteiger charge is -2.15. The van der Waals surface area contributed by atoms with Gasteiger partial charge >= 0.3 is 12.1 Å². The lowest BCUT2D eigenvalue weighted by molar-refractivity contribution is -0.152. The molecule has 0 fully saturated rings. The molecule has 0 aliphatic carbocycles. The van der Waals surface area contributed by atoms with Crippen molar-refractivity contribution < 1.29 is 23.8 Å². The Morgan fingerprint density at radius 2 is 2.05 bits per heavy atom. The predicted molar refractivity (Wildman–Crippen MR) is 83.2 cm³/mol. The average Bonchev–Trinajstić information content (AvgIpc) is 2.47. The SMILES string of the molecule is CCCCOC(=O)[C@H](C)OC(=O)Nc1cc(C)ccc1OC. The number of amides is 1. The quantitative estimate of drug-likeness (QED) is 0.618. The third-order valence-electron chi connectivity index (χ3n) is 2.95. The number of anilines is 1. The fourth-order valence-corrected chi connectivity index (χ4v) is 1.70. The Morgan fingerprint density at radius 1 is 1.32 bits per heavy atom. The van der Waals surface area contributed by atoms with Crippen LogP contribution in [0.15, 0.2) is 18.2 Å². The van der Waals surface area contributed by atoms with Crippen molar-refractivity contribution in [2.24, 2.45) is 0 Å². The number of hydrogen-bond acceptors (Lipinski definition) is 5. The number of hydrogen-bond donors (Lipinski definition) is 1. The van der Waals surface area contributed by atoms with Crippen LogP contribution in [0.4, 0.5) is 10.5 Å². The fourth-order valence-electron chi connectivity index (χ4n) is 1.70. The van der Waals surface area contributed by atoms with Gasteiger partial charge in [0.2, 0.25) is 0 Å². The molecule has 0 aliphatic rings. The van der Waals surface area contributed by atoms with Gasteiger partial charge < -0.3 is 14.2 Å². The number of aryl methyl sites for hydroxylation is 1. The molecule has 0 aliphatic heterocycles. The largest absolute Gasteiger partial charge is 0.495 e. The van der Waals surface area contributed by atoms with Gasteiger partial charge in [0.15, 0.2) is 6.10 Å². The smallest absolute Gasteiger partial charge is 0.412 e. The van der Waals surface area contributed by atoms with E-state index in [2.05, 4.69) is 5.32 Å². The molecule has 0 bridgehead atoms. The van der Waals surface area contributed by atoms with Crippen molar-refractivity contribution in [3.05, 3.63) is 23.8 Å². The summed E-state index contributed by atoms with van der Waals surface area (Å²) >= 11 is 0. The van der Waals surface area contributed by atoms with Crippen LogP contribution in [-0.4, -0.2) is 31.9 Å². The highest BCUT2D eigenvalue weighted by Crippen LogP contribution is 2.25. The molecule has 6 nitrogen and oxygen atoms in total. The Hall–Kier alpha value is -2.24. The van der Waals surface area contributed by atoms with Gasteiger partial charge in [0.05, 0.1) is 19.4 Å². The summed E-state index contributed by atoms with van der Waals surface area (Å²) in [6, 6.07) is 5.36. The van der Waals surface area contributed by atoms with Crippen molar-refractivity contribution in [3.8, 4) is 5.75 Å². The van der Waals surface area contributed by atoms with Crippen LogP contribution in [0.2, 0.25) is 0 Å². The minimum absolute atomic E-state index is 0.330. The van der Waals surface area contributed by atoms with Gasteiger partial charge in [-0.15, -0.1) is 0 Å². The molecule has 0 aromatic heterocycles. The maximum Gasteiger partial charge on any atom is 0.412 e. The lowest BCUT2D eigenvalue weighted by atomic mass is 10.2. The first-order valence-electron chi connectivity index (χ1n) is 7.26. The number of unbranched alkanes of at least 4 members (excludes halogenated alkanes) is 1. The van der Waals surface area contributed by atoms with E-state index in [1.54, 1.807) is 12.1 Å². The number of carbonyl (C=O) groups excluding carboxylic acids is 2. The summed E-state index contributed by atoms with van der Waals surface area (Å²) in [5.74, 6) is -0.0412. The molecule has 0 saturated heterocycles. The second-order valence-corrected chi connectivity index (χ2v) is 4.90. The van der Waals surface area contributed by atoms with Crippen molar-refractivity contribution in [2.75, 3.05) is 19.0 Å². The van der Waals surface area contributed by atoms with E-state index in [1.807, 2.05) is 19.9 Å². The molecule has 1 atom stereocenters. The van der Waals surface area contributed by atoms with Crippen LogP contribution in [0.25, 0.3) is 0 Å². The number of methoxy groups -OCH3 is 1. The maximum atomic E-state index is 11.8. The molecule has 22 heavy (non-hydrogen) atoms. The molecule has 122 valence electrons. The van der Waals surface area contributed by atoms with Crippen molar-refractivity contribution in [1.82, 2.24) is 0 Å². The zero-order valence-corrected chi connectivity index (χ0v) is 13.5. The van der Waals surface area contributed by atoms with Gasteiger partial charge in [-0.3, -0.25) is 5.32 Å². The van der Waals surface area contributed by atoms with Gasteiger partial charge in [0, 0.05) is 0 Å². The second-order valence-electron chi connectivity index (χ2n) is 4.90. The molecule has 0 saturated carbocycles. The topological polar surface area (TPSA) is 73.9 Å². The monoisotopic (exact) mass is 309 g/mol. The summed E-state index contributed by atoms with van der Waals surface area (Å²) in [6.45, 7) is 5.69. The van der Waals surface area contributed by atoms with Crippen LogP contribution in [-0.2, 0) is 14.3 Å². The highest BCUT2D eigenvalue weighted by molar-refractivity contribution is 5.89. The van der Waals surface area contributed by atoms with Gasteiger partial charge in [-0.2, -0.15) is 0 Å². The van der Waals surface area contributed by atoms with Gasteiger partial charge in [-0.05, 0) is 38.0 Å². The summed E-state index contributed by atoms with van der Waals surface area (Å²) in [5.41, 5.74) is 1.45. The van der Waals surface area contributed by atoms with Crippen molar-refractivity contribution in [2.45, 2.75) is 39.7 Å².